The summed E-state index contributed by atoms with van der Waals surface area (Å²) < 4.78 is 0. The van der Waals surface area contributed by atoms with Crippen LogP contribution in [0.3, 0.4) is 0 Å². The molecule has 0 aliphatic carbocycles. The van der Waals surface area contributed by atoms with E-state index in [0.29, 0.717) is 6.42 Å². The minimum absolute atomic E-state index is 0.129. The van der Waals surface area contributed by atoms with Gasteiger partial charge in [-0.15, -0.1) is 0 Å². The Kier molecular flexibility index (Phi) is 11.4. The molecular weight excluding hydrogens is 376 g/mol. The molecule has 0 bridgehead atoms. The van der Waals surface area contributed by atoms with Crippen LogP contribution in [0.2, 0.25) is 0 Å². The highest BCUT2D eigenvalue weighted by molar-refractivity contribution is 5.92. The minimum Gasteiger partial charge on any atom is -0.481 e. The second-order valence-electron chi connectivity index (χ2n) is 6.59. The molecule has 0 aromatic heterocycles. The van der Waals surface area contributed by atoms with Crippen LogP contribution < -0.4 is 21.7 Å². The van der Waals surface area contributed by atoms with Crippen LogP contribution in [-0.2, 0) is 24.0 Å². The molecule has 3 atom stereocenters. The number of rotatable bonds is 13. The number of amides is 3. The Morgan fingerprint density at radius 1 is 0.964 bits per heavy atom. The molecule has 0 aromatic carbocycles. The Bertz CT molecular complexity index is 581. The molecule has 0 saturated carbocycles. The van der Waals surface area contributed by atoms with Gasteiger partial charge in [-0.3, -0.25) is 19.2 Å². The van der Waals surface area contributed by atoms with Crippen LogP contribution in [0.25, 0.3) is 0 Å². The highest BCUT2D eigenvalue weighted by atomic mass is 16.4. The summed E-state index contributed by atoms with van der Waals surface area (Å²) in [4.78, 5) is 57.5. The summed E-state index contributed by atoms with van der Waals surface area (Å²) in [7, 11) is 0. The van der Waals surface area contributed by atoms with Crippen molar-refractivity contribution in [1.29, 1.82) is 0 Å². The van der Waals surface area contributed by atoms with Gasteiger partial charge >= 0.3 is 11.9 Å². The molecule has 3 unspecified atom stereocenters. The molecule has 160 valence electrons. The lowest BCUT2D eigenvalue weighted by Gasteiger charge is -2.21. The van der Waals surface area contributed by atoms with Crippen molar-refractivity contribution in [3.8, 4) is 0 Å². The standard InChI is InChI=1S/C16H28N4O8/c1-8(2)5-9(17)14(25)20-10(3-4-13(23)24)15(26)18-6-12(22)19-11(7-21)16(27)28/h8-11,21H,3-7,17H2,1-2H3,(H,18,26)(H,19,22)(H,20,25)(H,23,24)(H,27,28). The van der Waals surface area contributed by atoms with Crippen LogP contribution in [0.1, 0.15) is 33.1 Å². The van der Waals surface area contributed by atoms with E-state index in [0.717, 1.165) is 0 Å². The van der Waals surface area contributed by atoms with Crippen LogP contribution in [0.15, 0.2) is 0 Å². The molecule has 8 N–H and O–H groups in total. The second kappa shape index (κ2) is 12.6. The smallest absolute Gasteiger partial charge is 0.328 e. The summed E-state index contributed by atoms with van der Waals surface area (Å²) in [6, 6.07) is -3.65. The number of carboxylic acids is 2. The van der Waals surface area contributed by atoms with Gasteiger partial charge in [0.25, 0.3) is 0 Å². The average Bonchev–Trinajstić information content (AvgIpc) is 2.59. The van der Waals surface area contributed by atoms with Crippen LogP contribution in [0.4, 0.5) is 0 Å². The number of carbonyl (C=O) groups excluding carboxylic acids is 3. The van der Waals surface area contributed by atoms with Gasteiger partial charge in [0.15, 0.2) is 0 Å². The van der Waals surface area contributed by atoms with Crippen molar-refractivity contribution in [1.82, 2.24) is 16.0 Å². The van der Waals surface area contributed by atoms with E-state index < -0.39 is 67.4 Å². The molecule has 0 spiro atoms. The molecule has 12 heteroatoms. The lowest BCUT2D eigenvalue weighted by atomic mass is 10.0. The van der Waals surface area contributed by atoms with Crippen molar-refractivity contribution in [3.63, 3.8) is 0 Å². The number of carbonyl (C=O) groups is 5. The van der Waals surface area contributed by atoms with E-state index in [-0.39, 0.29) is 12.3 Å². The van der Waals surface area contributed by atoms with Gasteiger partial charge < -0.3 is 37.0 Å². The normalized spacial score (nSPS) is 13.9. The maximum Gasteiger partial charge on any atom is 0.328 e. The molecule has 12 nitrogen and oxygen atoms in total. The molecule has 0 aliphatic rings. The predicted octanol–water partition coefficient (Wildman–Crippen LogP) is -2.61. The summed E-state index contributed by atoms with van der Waals surface area (Å²) in [5.74, 6) is -4.83. The lowest BCUT2D eigenvalue weighted by molar-refractivity contribution is -0.142. The van der Waals surface area contributed by atoms with E-state index in [1.807, 2.05) is 19.2 Å². The van der Waals surface area contributed by atoms with Crippen LogP contribution >= 0.6 is 0 Å². The Hall–Kier alpha value is -2.73. The number of aliphatic hydroxyl groups excluding tert-OH is 1. The Morgan fingerprint density at radius 3 is 2.04 bits per heavy atom. The summed E-state index contributed by atoms with van der Waals surface area (Å²) in [5.41, 5.74) is 5.74. The highest BCUT2D eigenvalue weighted by Crippen LogP contribution is 2.04. The van der Waals surface area contributed by atoms with Crippen LogP contribution in [0, 0.1) is 5.92 Å². The van der Waals surface area contributed by atoms with Gasteiger partial charge in [-0.05, 0) is 18.8 Å². The maximum atomic E-state index is 12.2. The van der Waals surface area contributed by atoms with Crippen molar-refractivity contribution in [2.75, 3.05) is 13.2 Å². The molecule has 28 heavy (non-hydrogen) atoms. The monoisotopic (exact) mass is 404 g/mol. The first-order valence-electron chi connectivity index (χ1n) is 8.66. The second-order valence-corrected chi connectivity index (χ2v) is 6.59. The third kappa shape index (κ3) is 10.4. The van der Waals surface area contributed by atoms with E-state index in [9.17, 15) is 24.0 Å². The number of aliphatic hydroxyl groups is 1. The fourth-order valence-electron chi connectivity index (χ4n) is 2.15. The van der Waals surface area contributed by atoms with Crippen LogP contribution in [-0.4, -0.2) is 76.3 Å². The molecule has 0 fully saturated rings. The Balaban J connectivity index is 4.83. The van der Waals surface area contributed by atoms with Gasteiger partial charge in [-0.2, -0.15) is 0 Å². The number of carboxylic acid groups (broad SMARTS) is 2. The molecule has 0 heterocycles. The predicted molar refractivity (Wildman–Crippen MR) is 95.9 cm³/mol. The number of nitrogens with two attached hydrogens (primary N) is 1. The summed E-state index contributed by atoms with van der Waals surface area (Å²) >= 11 is 0. The SMILES string of the molecule is CC(C)CC(N)C(=O)NC(CCC(=O)O)C(=O)NCC(=O)NC(CO)C(=O)O. The van der Waals surface area contributed by atoms with Crippen LogP contribution in [0.5, 0.6) is 0 Å². The number of aliphatic carboxylic acids is 2. The first kappa shape index (κ1) is 25.3. The van der Waals surface area contributed by atoms with Crippen molar-refractivity contribution in [3.05, 3.63) is 0 Å². The topological polar surface area (TPSA) is 208 Å². The maximum absolute atomic E-state index is 12.2. The molecule has 0 radical (unpaired) electrons. The minimum atomic E-state index is -1.53. The zero-order valence-corrected chi connectivity index (χ0v) is 15.8. The van der Waals surface area contributed by atoms with Gasteiger partial charge in [0, 0.05) is 6.42 Å². The van der Waals surface area contributed by atoms with Gasteiger partial charge in [-0.1, -0.05) is 13.8 Å². The van der Waals surface area contributed by atoms with E-state index in [1.54, 1.807) is 0 Å². The number of nitrogens with one attached hydrogen (secondary N) is 3. The Morgan fingerprint density at radius 2 is 1.57 bits per heavy atom. The van der Waals surface area contributed by atoms with E-state index in [2.05, 4.69) is 10.6 Å². The largest absolute Gasteiger partial charge is 0.481 e. The van der Waals surface area contributed by atoms with E-state index in [4.69, 9.17) is 21.1 Å². The van der Waals surface area contributed by atoms with Gasteiger partial charge in [0.05, 0.1) is 19.2 Å². The van der Waals surface area contributed by atoms with Crippen molar-refractivity contribution < 1.29 is 39.3 Å². The van der Waals surface area contributed by atoms with Gasteiger partial charge in [-0.25, -0.2) is 4.79 Å². The summed E-state index contributed by atoms with van der Waals surface area (Å²) in [6.45, 7) is 2.26. The third-order valence-electron chi connectivity index (χ3n) is 3.58. The Labute approximate surface area is 161 Å². The fourth-order valence-corrected chi connectivity index (χ4v) is 2.15. The zero-order valence-electron chi connectivity index (χ0n) is 15.8. The van der Waals surface area contributed by atoms with Gasteiger partial charge in [0.2, 0.25) is 17.7 Å². The highest BCUT2D eigenvalue weighted by Gasteiger charge is 2.26. The number of hydrogen-bond acceptors (Lipinski definition) is 7. The summed E-state index contributed by atoms with van der Waals surface area (Å²) in [5, 5.41) is 32.9. The third-order valence-corrected chi connectivity index (χ3v) is 3.58. The molecule has 0 saturated heterocycles. The lowest BCUT2D eigenvalue weighted by Crippen LogP contribution is -2.54. The van der Waals surface area contributed by atoms with Crippen molar-refractivity contribution >= 4 is 29.7 Å². The molecular formula is C16H28N4O8. The zero-order chi connectivity index (χ0) is 21.9. The quantitative estimate of drug-likeness (QED) is 0.171. The molecule has 0 aromatic rings. The van der Waals surface area contributed by atoms with E-state index in [1.165, 1.54) is 0 Å². The van der Waals surface area contributed by atoms with Crippen molar-refractivity contribution in [2.45, 2.75) is 51.2 Å². The number of hydrogen-bond donors (Lipinski definition) is 7. The fraction of sp³-hybridized carbons (Fsp3) is 0.688. The first-order chi connectivity index (χ1) is 13.0. The van der Waals surface area contributed by atoms with E-state index >= 15 is 0 Å². The molecule has 3 amide bonds. The van der Waals surface area contributed by atoms with Crippen molar-refractivity contribution in [2.24, 2.45) is 11.7 Å². The molecule has 0 rings (SSSR count). The van der Waals surface area contributed by atoms with Gasteiger partial charge in [0.1, 0.15) is 12.1 Å². The first-order valence-corrected chi connectivity index (χ1v) is 8.66. The molecule has 0 aliphatic heterocycles. The average molecular weight is 404 g/mol. The summed E-state index contributed by atoms with van der Waals surface area (Å²) in [6.07, 6.45) is -0.272.